The molecule has 0 spiro atoms. The smallest absolute Gasteiger partial charge is 0.243 e. The standard InChI is InChI=1S/C15H20BrN3O2S/c1-5-19-14(13(16)9-17-19)10-18(4)22(20,21)15-7-6-11(2)8-12(15)3/h6-9H,5,10H2,1-4H3. The molecule has 0 N–H and O–H groups in total. The molecule has 1 aromatic heterocycles. The molecule has 0 radical (unpaired) electrons. The number of aromatic nitrogens is 2. The van der Waals surface area contributed by atoms with Crippen LogP contribution < -0.4 is 0 Å². The van der Waals surface area contributed by atoms with Crippen LogP contribution in [0.1, 0.15) is 23.7 Å². The molecule has 2 rings (SSSR count). The molecular formula is C15H20BrN3O2S. The maximum Gasteiger partial charge on any atom is 0.243 e. The van der Waals surface area contributed by atoms with Gasteiger partial charge < -0.3 is 0 Å². The topological polar surface area (TPSA) is 55.2 Å². The Morgan fingerprint density at radius 2 is 2.00 bits per heavy atom. The first-order valence-electron chi connectivity index (χ1n) is 7.01. The summed E-state index contributed by atoms with van der Waals surface area (Å²) in [7, 11) is -1.94. The van der Waals surface area contributed by atoms with Crippen molar-refractivity contribution in [3.05, 3.63) is 45.7 Å². The van der Waals surface area contributed by atoms with Gasteiger partial charge in [-0.1, -0.05) is 17.7 Å². The summed E-state index contributed by atoms with van der Waals surface area (Å²) in [4.78, 5) is 0.347. The van der Waals surface area contributed by atoms with Crippen molar-refractivity contribution in [1.82, 2.24) is 14.1 Å². The van der Waals surface area contributed by atoms with E-state index in [0.717, 1.165) is 21.3 Å². The Kier molecular flexibility index (Phi) is 5.09. The third-order valence-electron chi connectivity index (χ3n) is 3.59. The highest BCUT2D eigenvalue weighted by molar-refractivity contribution is 9.10. The van der Waals surface area contributed by atoms with Crippen LogP contribution in [0.2, 0.25) is 0 Å². The number of hydrogen-bond donors (Lipinski definition) is 0. The summed E-state index contributed by atoms with van der Waals surface area (Å²) >= 11 is 3.43. The molecule has 0 fully saturated rings. The highest BCUT2D eigenvalue weighted by Crippen LogP contribution is 2.24. The molecule has 0 saturated carbocycles. The second-order valence-electron chi connectivity index (χ2n) is 5.28. The van der Waals surface area contributed by atoms with Crippen LogP contribution in [0.4, 0.5) is 0 Å². The Bertz CT molecular complexity index is 784. The monoisotopic (exact) mass is 385 g/mol. The molecule has 0 aliphatic heterocycles. The molecule has 0 aliphatic carbocycles. The van der Waals surface area contributed by atoms with Crippen molar-refractivity contribution in [1.29, 1.82) is 0 Å². The lowest BCUT2D eigenvalue weighted by Crippen LogP contribution is -2.28. The van der Waals surface area contributed by atoms with Crippen LogP contribution in [0, 0.1) is 13.8 Å². The van der Waals surface area contributed by atoms with Gasteiger partial charge in [0.25, 0.3) is 0 Å². The van der Waals surface area contributed by atoms with Gasteiger partial charge in [-0.05, 0) is 48.3 Å². The molecule has 1 aromatic carbocycles. The van der Waals surface area contributed by atoms with Crippen LogP contribution in [0.5, 0.6) is 0 Å². The van der Waals surface area contributed by atoms with Crippen LogP contribution in [-0.4, -0.2) is 29.6 Å². The quantitative estimate of drug-likeness (QED) is 0.794. The minimum atomic E-state index is -3.53. The zero-order chi connectivity index (χ0) is 16.5. The van der Waals surface area contributed by atoms with Gasteiger partial charge in [0, 0.05) is 13.6 Å². The van der Waals surface area contributed by atoms with Gasteiger partial charge in [0.15, 0.2) is 0 Å². The fraction of sp³-hybridized carbons (Fsp3) is 0.400. The van der Waals surface area contributed by atoms with E-state index in [0.29, 0.717) is 11.4 Å². The van der Waals surface area contributed by atoms with Gasteiger partial charge in [-0.3, -0.25) is 4.68 Å². The van der Waals surface area contributed by atoms with Crippen molar-refractivity contribution >= 4 is 26.0 Å². The summed E-state index contributed by atoms with van der Waals surface area (Å²) in [5, 5.41) is 4.22. The molecule has 0 bridgehead atoms. The van der Waals surface area contributed by atoms with E-state index in [4.69, 9.17) is 0 Å². The minimum absolute atomic E-state index is 0.268. The number of sulfonamides is 1. The van der Waals surface area contributed by atoms with E-state index in [1.807, 2.05) is 32.9 Å². The van der Waals surface area contributed by atoms with E-state index in [-0.39, 0.29) is 6.54 Å². The number of aryl methyl sites for hydroxylation is 3. The van der Waals surface area contributed by atoms with Gasteiger partial charge in [-0.2, -0.15) is 9.40 Å². The number of halogens is 1. The molecule has 120 valence electrons. The Morgan fingerprint density at radius 3 is 2.59 bits per heavy atom. The maximum absolute atomic E-state index is 12.8. The van der Waals surface area contributed by atoms with Gasteiger partial charge in [0.05, 0.1) is 27.8 Å². The molecule has 1 heterocycles. The van der Waals surface area contributed by atoms with Crippen molar-refractivity contribution in [2.24, 2.45) is 0 Å². The molecule has 0 aliphatic rings. The predicted molar refractivity (Wildman–Crippen MR) is 90.2 cm³/mol. The molecule has 0 amide bonds. The summed E-state index contributed by atoms with van der Waals surface area (Å²) in [6.45, 7) is 6.70. The van der Waals surface area contributed by atoms with Gasteiger partial charge in [-0.15, -0.1) is 0 Å². The van der Waals surface area contributed by atoms with E-state index in [1.54, 1.807) is 24.0 Å². The summed E-state index contributed by atoms with van der Waals surface area (Å²) in [6, 6.07) is 5.37. The van der Waals surface area contributed by atoms with E-state index >= 15 is 0 Å². The van der Waals surface area contributed by atoms with E-state index in [1.165, 1.54) is 4.31 Å². The summed E-state index contributed by atoms with van der Waals surface area (Å²) in [6.07, 6.45) is 1.69. The molecular weight excluding hydrogens is 366 g/mol. The Hall–Kier alpha value is -1.18. The van der Waals surface area contributed by atoms with Gasteiger partial charge in [0.2, 0.25) is 10.0 Å². The van der Waals surface area contributed by atoms with Gasteiger partial charge in [0.1, 0.15) is 0 Å². The minimum Gasteiger partial charge on any atom is -0.267 e. The van der Waals surface area contributed by atoms with E-state index in [2.05, 4.69) is 21.0 Å². The molecule has 22 heavy (non-hydrogen) atoms. The number of nitrogens with zero attached hydrogens (tertiary/aromatic N) is 3. The predicted octanol–water partition coefficient (Wildman–Crippen LogP) is 3.10. The highest BCUT2D eigenvalue weighted by atomic mass is 79.9. The fourth-order valence-electron chi connectivity index (χ4n) is 2.37. The average Bonchev–Trinajstić information content (AvgIpc) is 2.79. The number of benzene rings is 1. The number of hydrogen-bond acceptors (Lipinski definition) is 3. The van der Waals surface area contributed by atoms with Crippen molar-refractivity contribution in [2.75, 3.05) is 7.05 Å². The van der Waals surface area contributed by atoms with E-state index < -0.39 is 10.0 Å². The fourth-order valence-corrected chi connectivity index (χ4v) is 4.13. The first-order chi connectivity index (χ1) is 10.3. The molecule has 7 heteroatoms. The summed E-state index contributed by atoms with van der Waals surface area (Å²) < 4.78 is 29.5. The zero-order valence-corrected chi connectivity index (χ0v) is 15.6. The Morgan fingerprint density at radius 1 is 1.32 bits per heavy atom. The Balaban J connectivity index is 2.35. The van der Waals surface area contributed by atoms with Crippen molar-refractivity contribution in [2.45, 2.75) is 38.8 Å². The normalized spacial score (nSPS) is 12.1. The maximum atomic E-state index is 12.8. The summed E-state index contributed by atoms with van der Waals surface area (Å²) in [5.74, 6) is 0. The van der Waals surface area contributed by atoms with Gasteiger partial charge in [-0.25, -0.2) is 8.42 Å². The van der Waals surface area contributed by atoms with Crippen LogP contribution in [0.25, 0.3) is 0 Å². The number of rotatable bonds is 5. The third-order valence-corrected chi connectivity index (χ3v) is 6.21. The molecule has 5 nitrogen and oxygen atoms in total. The first kappa shape index (κ1) is 17.2. The molecule has 0 saturated heterocycles. The van der Waals surface area contributed by atoms with Crippen LogP contribution in [0.15, 0.2) is 33.8 Å². The lowest BCUT2D eigenvalue weighted by Gasteiger charge is -2.19. The van der Waals surface area contributed by atoms with Gasteiger partial charge >= 0.3 is 0 Å². The largest absolute Gasteiger partial charge is 0.267 e. The van der Waals surface area contributed by atoms with Crippen molar-refractivity contribution < 1.29 is 8.42 Å². The lowest BCUT2D eigenvalue weighted by molar-refractivity contribution is 0.446. The lowest BCUT2D eigenvalue weighted by atomic mass is 10.2. The SMILES string of the molecule is CCn1ncc(Br)c1CN(C)S(=O)(=O)c1ccc(C)cc1C. The molecule has 2 aromatic rings. The second-order valence-corrected chi connectivity index (χ2v) is 8.15. The first-order valence-corrected chi connectivity index (χ1v) is 9.24. The second kappa shape index (κ2) is 6.52. The van der Waals surface area contributed by atoms with Crippen LogP contribution in [0.3, 0.4) is 0 Å². The summed E-state index contributed by atoms with van der Waals surface area (Å²) in [5.41, 5.74) is 2.65. The molecule has 0 unspecified atom stereocenters. The van der Waals surface area contributed by atoms with E-state index in [9.17, 15) is 8.42 Å². The zero-order valence-electron chi connectivity index (χ0n) is 13.2. The Labute approximate surface area is 140 Å². The third kappa shape index (κ3) is 3.26. The van der Waals surface area contributed by atoms with Crippen molar-refractivity contribution in [3.63, 3.8) is 0 Å². The van der Waals surface area contributed by atoms with Crippen LogP contribution >= 0.6 is 15.9 Å². The molecule has 0 atom stereocenters. The van der Waals surface area contributed by atoms with Crippen molar-refractivity contribution in [3.8, 4) is 0 Å². The highest BCUT2D eigenvalue weighted by Gasteiger charge is 2.24. The average molecular weight is 386 g/mol. The van der Waals surface area contributed by atoms with Crippen LogP contribution in [-0.2, 0) is 23.1 Å².